The smallest absolute Gasteiger partial charge is 0.321 e. The van der Waals surface area contributed by atoms with Gasteiger partial charge in [0.1, 0.15) is 0 Å². The Kier molecular flexibility index (Phi) is 27.4. The minimum Gasteiger partial charge on any atom is -0.397 e. The minimum atomic E-state index is -1.53. The van der Waals surface area contributed by atoms with Gasteiger partial charge in [-0.1, -0.05) is 129 Å². The van der Waals surface area contributed by atoms with E-state index in [1.165, 1.54) is 128 Å². The number of hydrogen-bond acceptors (Lipinski definition) is 3. The van der Waals surface area contributed by atoms with E-state index < -0.39 is 9.28 Å². The van der Waals surface area contributed by atoms with Crippen LogP contribution < -0.4 is 5.73 Å². The van der Waals surface area contributed by atoms with Crippen LogP contribution in [0.4, 0.5) is 0 Å². The Bertz CT molecular complexity index is 315. The summed E-state index contributed by atoms with van der Waals surface area (Å²) in [7, 11) is -1.53. The Balaban J connectivity index is 3.62. The third-order valence-corrected chi connectivity index (χ3v) is 8.48. The number of rotatable bonds is 27. The Morgan fingerprint density at radius 2 is 0.844 bits per heavy atom. The molecule has 0 rings (SSSR count). The quantitative estimate of drug-likeness (QED) is 0.0961. The van der Waals surface area contributed by atoms with Crippen molar-refractivity contribution >= 4 is 9.28 Å². The largest absolute Gasteiger partial charge is 0.397 e. The van der Waals surface area contributed by atoms with Crippen molar-refractivity contribution in [2.45, 2.75) is 168 Å². The number of nitrogens with two attached hydrogens (primary N) is 1. The summed E-state index contributed by atoms with van der Waals surface area (Å²) < 4.78 is 12.4. The van der Waals surface area contributed by atoms with Gasteiger partial charge in [0, 0.05) is 19.3 Å². The maximum atomic E-state index is 6.22. The van der Waals surface area contributed by atoms with Crippen molar-refractivity contribution in [3.8, 4) is 0 Å². The molecule has 0 aliphatic rings. The van der Waals surface area contributed by atoms with E-state index in [0.29, 0.717) is 0 Å². The molecule has 0 aliphatic heterocycles. The van der Waals surface area contributed by atoms with Gasteiger partial charge in [-0.2, -0.15) is 0 Å². The molecule has 0 saturated carbocycles. The fraction of sp³-hybridized carbons (Fsp3) is 1.00. The molecular formula is C28H61NO2Si. The zero-order chi connectivity index (χ0) is 23.5. The Morgan fingerprint density at radius 1 is 0.531 bits per heavy atom. The molecule has 0 aliphatic carbocycles. The minimum absolute atomic E-state index is 0.256. The van der Waals surface area contributed by atoms with Gasteiger partial charge in [-0.3, -0.25) is 0 Å². The first-order chi connectivity index (χ1) is 15.7. The van der Waals surface area contributed by atoms with E-state index in [9.17, 15) is 0 Å². The average molecular weight is 472 g/mol. The summed E-state index contributed by atoms with van der Waals surface area (Å²) in [5.74, 6) is 0. The molecule has 3 nitrogen and oxygen atoms in total. The van der Waals surface area contributed by atoms with E-state index in [1.807, 2.05) is 0 Å². The van der Waals surface area contributed by atoms with Gasteiger partial charge in [0.25, 0.3) is 0 Å². The molecule has 0 fully saturated rings. The second-order valence-corrected chi connectivity index (χ2v) is 12.2. The summed E-state index contributed by atoms with van der Waals surface area (Å²) in [6, 6.07) is 1.32. The van der Waals surface area contributed by atoms with Crippen LogP contribution in [-0.4, -0.2) is 28.5 Å². The third kappa shape index (κ3) is 26.4. The van der Waals surface area contributed by atoms with Crippen molar-refractivity contribution in [2.75, 3.05) is 13.2 Å². The molecule has 0 spiro atoms. The normalized spacial score (nSPS) is 12.7. The second kappa shape index (κ2) is 27.3. The maximum Gasteiger partial charge on any atom is 0.321 e. The Labute approximate surface area is 204 Å². The molecule has 194 valence electrons. The zero-order valence-electron chi connectivity index (χ0n) is 22.5. The maximum absolute atomic E-state index is 6.22. The molecular weight excluding hydrogens is 410 g/mol. The predicted molar refractivity (Wildman–Crippen MR) is 146 cm³/mol. The first kappa shape index (κ1) is 32.1. The highest BCUT2D eigenvalue weighted by Crippen LogP contribution is 2.13. The summed E-state index contributed by atoms with van der Waals surface area (Å²) >= 11 is 0. The highest BCUT2D eigenvalue weighted by atomic mass is 28.3. The topological polar surface area (TPSA) is 44.5 Å². The van der Waals surface area contributed by atoms with Gasteiger partial charge in [0.2, 0.25) is 0 Å². The van der Waals surface area contributed by atoms with Crippen molar-refractivity contribution < 1.29 is 8.85 Å². The van der Waals surface area contributed by atoms with Crippen molar-refractivity contribution in [1.29, 1.82) is 0 Å². The van der Waals surface area contributed by atoms with Gasteiger partial charge >= 0.3 is 9.28 Å². The highest BCUT2D eigenvalue weighted by Gasteiger charge is 2.14. The van der Waals surface area contributed by atoms with E-state index in [4.69, 9.17) is 14.6 Å². The van der Waals surface area contributed by atoms with E-state index in [1.54, 1.807) is 0 Å². The molecule has 0 bridgehead atoms. The van der Waals surface area contributed by atoms with Gasteiger partial charge in [-0.25, -0.2) is 0 Å². The van der Waals surface area contributed by atoms with E-state index in [0.717, 1.165) is 25.7 Å². The lowest BCUT2D eigenvalue weighted by molar-refractivity contribution is 0.188. The zero-order valence-corrected chi connectivity index (χ0v) is 23.7. The molecule has 32 heavy (non-hydrogen) atoms. The lowest BCUT2D eigenvalue weighted by Crippen LogP contribution is -2.27. The molecule has 2 N–H and O–H groups in total. The Hall–Kier alpha value is 0.0969. The third-order valence-electron chi connectivity index (χ3n) is 6.46. The van der Waals surface area contributed by atoms with Crippen LogP contribution >= 0.6 is 0 Å². The van der Waals surface area contributed by atoms with Crippen LogP contribution in [0.15, 0.2) is 0 Å². The highest BCUT2D eigenvalue weighted by molar-refractivity contribution is 6.44. The molecule has 0 heterocycles. The first-order valence-corrected chi connectivity index (χ1v) is 16.4. The summed E-state index contributed by atoms with van der Waals surface area (Å²) in [5, 5.41) is 0. The average Bonchev–Trinajstić information content (AvgIpc) is 2.78. The molecule has 1 unspecified atom stereocenters. The SMILES string of the molecule is CCCCCCCCCCCCO[SiH](CCC(C)N)OCCCCCCCCCCCC. The van der Waals surface area contributed by atoms with Crippen molar-refractivity contribution in [2.24, 2.45) is 5.73 Å². The second-order valence-electron chi connectivity index (χ2n) is 10.1. The van der Waals surface area contributed by atoms with Gasteiger partial charge in [-0.15, -0.1) is 0 Å². The van der Waals surface area contributed by atoms with Crippen LogP contribution in [0.3, 0.4) is 0 Å². The number of hydrogen-bond donors (Lipinski definition) is 1. The lowest BCUT2D eigenvalue weighted by atomic mass is 10.1. The standard InChI is InChI=1S/C28H61NO2Si/c1-4-6-8-10-12-14-16-18-20-22-25-30-32(27-24-28(3)29)31-26-23-21-19-17-15-13-11-9-7-5-2/h28,32H,4-27,29H2,1-3H3. The molecule has 1 atom stereocenters. The monoisotopic (exact) mass is 471 g/mol. The fourth-order valence-corrected chi connectivity index (χ4v) is 6.31. The van der Waals surface area contributed by atoms with Crippen molar-refractivity contribution in [3.63, 3.8) is 0 Å². The summed E-state index contributed by atoms with van der Waals surface area (Å²) in [6.07, 6.45) is 28.5. The van der Waals surface area contributed by atoms with Crippen LogP contribution in [0.5, 0.6) is 0 Å². The lowest BCUT2D eigenvalue weighted by Gasteiger charge is -2.18. The van der Waals surface area contributed by atoms with E-state index in [-0.39, 0.29) is 6.04 Å². The molecule has 4 heteroatoms. The number of unbranched alkanes of at least 4 members (excludes halogenated alkanes) is 18. The van der Waals surface area contributed by atoms with E-state index >= 15 is 0 Å². The van der Waals surface area contributed by atoms with Crippen molar-refractivity contribution in [1.82, 2.24) is 0 Å². The van der Waals surface area contributed by atoms with Crippen LogP contribution in [-0.2, 0) is 8.85 Å². The van der Waals surface area contributed by atoms with Crippen LogP contribution in [0, 0.1) is 0 Å². The van der Waals surface area contributed by atoms with Crippen LogP contribution in [0.1, 0.15) is 156 Å². The summed E-state index contributed by atoms with van der Waals surface area (Å²) in [4.78, 5) is 0. The fourth-order valence-electron chi connectivity index (χ4n) is 4.22. The van der Waals surface area contributed by atoms with Gasteiger partial charge in [-0.05, 0) is 32.2 Å². The van der Waals surface area contributed by atoms with Gasteiger partial charge in [0.15, 0.2) is 0 Å². The molecule has 0 saturated heterocycles. The summed E-state index contributed by atoms with van der Waals surface area (Å²) in [6.45, 7) is 8.45. The van der Waals surface area contributed by atoms with E-state index in [2.05, 4.69) is 20.8 Å². The molecule has 0 radical (unpaired) electrons. The molecule has 0 aromatic heterocycles. The molecule has 0 amide bonds. The predicted octanol–water partition coefficient (Wildman–Crippen LogP) is 8.82. The van der Waals surface area contributed by atoms with Gasteiger partial charge < -0.3 is 14.6 Å². The Morgan fingerprint density at radius 3 is 1.16 bits per heavy atom. The molecule has 0 aromatic rings. The van der Waals surface area contributed by atoms with Crippen LogP contribution in [0.2, 0.25) is 6.04 Å². The van der Waals surface area contributed by atoms with Crippen LogP contribution in [0.25, 0.3) is 0 Å². The first-order valence-electron chi connectivity index (χ1n) is 14.7. The molecule has 0 aromatic carbocycles. The summed E-state index contributed by atoms with van der Waals surface area (Å²) in [5.41, 5.74) is 5.97. The van der Waals surface area contributed by atoms with Gasteiger partial charge in [0.05, 0.1) is 0 Å². The van der Waals surface area contributed by atoms with Crippen molar-refractivity contribution in [3.05, 3.63) is 0 Å².